The van der Waals surface area contributed by atoms with E-state index in [1.807, 2.05) is 14.1 Å². The highest BCUT2D eigenvalue weighted by Gasteiger charge is 2.47. The van der Waals surface area contributed by atoms with Crippen LogP contribution in [0.25, 0.3) is 0 Å². The fourth-order valence-electron chi connectivity index (χ4n) is 2.39. The van der Waals surface area contributed by atoms with E-state index in [2.05, 4.69) is 23.1 Å². The summed E-state index contributed by atoms with van der Waals surface area (Å²) < 4.78 is 36.1. The fourth-order valence-corrected chi connectivity index (χ4v) is 3.10. The van der Waals surface area contributed by atoms with Gasteiger partial charge in [-0.05, 0) is 19.8 Å². The molecule has 0 aromatic carbocycles. The Bertz CT molecular complexity index is 654. The number of carbonyl (C=O) groups is 2. The third-order valence-corrected chi connectivity index (χ3v) is 4.29. The molecule has 1 atom stereocenters. The first kappa shape index (κ1) is 28.7. The summed E-state index contributed by atoms with van der Waals surface area (Å²) in [5, 5.41) is 11.1. The number of hydrogen-bond acceptors (Lipinski definition) is 7. The van der Waals surface area contributed by atoms with Crippen molar-refractivity contribution in [3.8, 4) is 0 Å². The number of nitrogens with one attached hydrogen (secondary N) is 1. The van der Waals surface area contributed by atoms with E-state index in [-0.39, 0.29) is 16.8 Å². The van der Waals surface area contributed by atoms with E-state index in [1.165, 1.54) is 21.1 Å². The maximum atomic E-state index is 11.2. The lowest BCUT2D eigenvalue weighted by Gasteiger charge is -2.45. The Kier molecular flexibility index (Phi) is 11.1. The van der Waals surface area contributed by atoms with Gasteiger partial charge in [-0.25, -0.2) is 17.2 Å². The van der Waals surface area contributed by atoms with Gasteiger partial charge in [0.2, 0.25) is 10.4 Å². The van der Waals surface area contributed by atoms with Crippen molar-refractivity contribution in [1.29, 1.82) is 0 Å². The molecule has 0 radical (unpaired) electrons. The third kappa shape index (κ3) is 10.1. The zero-order chi connectivity index (χ0) is 23.0. The molecule has 0 rings (SSSR count). The SMILES string of the molecule is C=C(C)C(=O)N[N+](C)(C)CCC.CCCC(OS(=O)(=O)[O-])(C(=O)[O-])[N+](C)(C)C. The summed E-state index contributed by atoms with van der Waals surface area (Å²) in [6, 6.07) is 0. The van der Waals surface area contributed by atoms with Crippen molar-refractivity contribution >= 4 is 22.3 Å². The summed E-state index contributed by atoms with van der Waals surface area (Å²) in [7, 11) is 3.05. The lowest BCUT2D eigenvalue weighted by atomic mass is 10.1. The minimum atomic E-state index is -5.12. The predicted molar refractivity (Wildman–Crippen MR) is 102 cm³/mol. The number of hydrogen-bond donors (Lipinski definition) is 1. The molecule has 1 unspecified atom stereocenters. The second-order valence-corrected chi connectivity index (χ2v) is 8.94. The molecule has 11 heteroatoms. The van der Waals surface area contributed by atoms with E-state index in [0.29, 0.717) is 16.6 Å². The third-order valence-electron chi connectivity index (χ3n) is 3.81. The second kappa shape index (κ2) is 10.9. The molecule has 1 N–H and O–H groups in total. The highest BCUT2D eigenvalue weighted by atomic mass is 32.3. The fraction of sp³-hybridized carbons (Fsp3) is 0.765. The number of quaternary nitrogens is 2. The summed E-state index contributed by atoms with van der Waals surface area (Å²) in [4.78, 5) is 22.3. The van der Waals surface area contributed by atoms with E-state index in [4.69, 9.17) is 0 Å². The standard InChI is InChI=1S/C9H18N2O.C8H17NO6S/c1-6-7-11(4,5)10-9(12)8(2)3;1-5-6-8(7(10)11,9(2,3)4)15-16(12,13)14/h2,6-7H2,1,3-5H3;5-6H2,1-4H3,(H-,10,11,12,13,14). The zero-order valence-corrected chi connectivity index (χ0v) is 19.0. The van der Waals surface area contributed by atoms with Gasteiger partial charge in [-0.3, -0.25) is 9.28 Å². The van der Waals surface area contributed by atoms with Gasteiger partial charge in [-0.15, -0.1) is 0 Å². The molecular formula is C17H35N3O7S. The van der Waals surface area contributed by atoms with Crippen LogP contribution in [0.5, 0.6) is 0 Å². The Morgan fingerprint density at radius 1 is 1.11 bits per heavy atom. The number of nitrogens with zero attached hydrogens (tertiary/aromatic N) is 2. The molecule has 1 amide bonds. The first-order valence-electron chi connectivity index (χ1n) is 8.85. The minimum Gasteiger partial charge on any atom is -0.725 e. The van der Waals surface area contributed by atoms with Crippen molar-refractivity contribution in [3.05, 3.63) is 12.2 Å². The van der Waals surface area contributed by atoms with Crippen LogP contribution < -0.4 is 10.5 Å². The van der Waals surface area contributed by atoms with Crippen LogP contribution in [0, 0.1) is 0 Å². The monoisotopic (exact) mass is 425 g/mol. The van der Waals surface area contributed by atoms with Crippen molar-refractivity contribution in [3.63, 3.8) is 0 Å². The van der Waals surface area contributed by atoms with Crippen LogP contribution in [0.4, 0.5) is 0 Å². The topological polar surface area (TPSA) is 136 Å². The first-order valence-corrected chi connectivity index (χ1v) is 10.2. The molecule has 0 bridgehead atoms. The molecule has 0 aliphatic carbocycles. The molecule has 28 heavy (non-hydrogen) atoms. The van der Waals surface area contributed by atoms with Gasteiger partial charge in [0.05, 0.1) is 35.2 Å². The van der Waals surface area contributed by atoms with Crippen LogP contribution in [-0.4, -0.2) is 81.4 Å². The van der Waals surface area contributed by atoms with Crippen LogP contribution in [0.3, 0.4) is 0 Å². The van der Waals surface area contributed by atoms with E-state index in [1.54, 1.807) is 13.8 Å². The van der Waals surface area contributed by atoms with Crippen LogP contribution in [0.1, 0.15) is 40.0 Å². The van der Waals surface area contributed by atoms with E-state index < -0.39 is 22.1 Å². The molecule has 0 heterocycles. The van der Waals surface area contributed by atoms with E-state index in [9.17, 15) is 27.7 Å². The van der Waals surface area contributed by atoms with Gasteiger partial charge < -0.3 is 14.5 Å². The van der Waals surface area contributed by atoms with Crippen LogP contribution in [0.15, 0.2) is 12.2 Å². The molecule has 0 aromatic rings. The maximum Gasteiger partial charge on any atom is 0.290 e. The maximum absolute atomic E-state index is 11.2. The molecule has 0 fully saturated rings. The number of carbonyl (C=O) groups excluding carboxylic acids is 2. The molecule has 166 valence electrons. The van der Waals surface area contributed by atoms with E-state index in [0.717, 1.165) is 13.0 Å². The van der Waals surface area contributed by atoms with Crippen molar-refractivity contribution < 1.29 is 40.9 Å². The number of rotatable bonds is 10. The van der Waals surface area contributed by atoms with Crippen LogP contribution >= 0.6 is 0 Å². The molecule has 10 nitrogen and oxygen atoms in total. The summed E-state index contributed by atoms with van der Waals surface area (Å²) in [6.45, 7) is 9.95. The van der Waals surface area contributed by atoms with Crippen LogP contribution in [0.2, 0.25) is 0 Å². The van der Waals surface area contributed by atoms with Crippen molar-refractivity contribution in [2.75, 3.05) is 41.8 Å². The Balaban J connectivity index is 0. The molecule has 0 aliphatic rings. The minimum absolute atomic E-state index is 0.0755. The van der Waals surface area contributed by atoms with Gasteiger partial charge >= 0.3 is 0 Å². The van der Waals surface area contributed by atoms with Gasteiger partial charge in [0.15, 0.2) is 0 Å². The molecule has 0 spiro atoms. The second-order valence-electron chi connectivity index (χ2n) is 7.96. The number of aliphatic carboxylic acids is 1. The highest BCUT2D eigenvalue weighted by Crippen LogP contribution is 2.27. The number of likely N-dealkylation sites (N-methyl/N-ethyl adjacent to an activating group) is 1. The van der Waals surface area contributed by atoms with Gasteiger partial charge in [0.25, 0.3) is 11.6 Å². The lowest BCUT2D eigenvalue weighted by Crippen LogP contribution is -2.68. The summed E-state index contributed by atoms with van der Waals surface area (Å²) >= 11 is 0. The van der Waals surface area contributed by atoms with Gasteiger partial charge in [-0.2, -0.15) is 5.43 Å². The smallest absolute Gasteiger partial charge is 0.290 e. The number of carboxylic acid groups (broad SMARTS) is 1. The number of amides is 1. The number of carboxylic acids is 1. The molecule has 0 aliphatic heterocycles. The summed E-state index contributed by atoms with van der Waals surface area (Å²) in [5.41, 5.74) is 1.22. The van der Waals surface area contributed by atoms with Gasteiger partial charge in [0.1, 0.15) is 12.5 Å². The summed E-state index contributed by atoms with van der Waals surface area (Å²) in [6.07, 6.45) is 1.24. The average Bonchev–Trinajstić information content (AvgIpc) is 2.43. The van der Waals surface area contributed by atoms with Gasteiger partial charge in [-0.1, -0.05) is 20.4 Å². The lowest BCUT2D eigenvalue weighted by molar-refractivity contribution is -0.938. The average molecular weight is 426 g/mol. The summed E-state index contributed by atoms with van der Waals surface area (Å²) in [5.74, 6) is -1.80. The molecular weight excluding hydrogens is 390 g/mol. The Labute approximate surface area is 168 Å². The highest BCUT2D eigenvalue weighted by molar-refractivity contribution is 7.80. The van der Waals surface area contributed by atoms with Gasteiger partial charge in [0, 0.05) is 12.0 Å². The van der Waals surface area contributed by atoms with E-state index >= 15 is 0 Å². The molecule has 0 aromatic heterocycles. The van der Waals surface area contributed by atoms with Crippen molar-refractivity contribution in [2.45, 2.75) is 45.8 Å². The Morgan fingerprint density at radius 3 is 1.82 bits per heavy atom. The largest absolute Gasteiger partial charge is 0.725 e. The van der Waals surface area contributed by atoms with Crippen molar-refractivity contribution in [1.82, 2.24) is 5.43 Å². The predicted octanol–water partition coefficient (Wildman–Crippen LogP) is -0.504. The zero-order valence-electron chi connectivity index (χ0n) is 18.2. The normalized spacial score (nSPS) is 14.3. The molecule has 0 saturated carbocycles. The Morgan fingerprint density at radius 2 is 1.57 bits per heavy atom. The first-order chi connectivity index (χ1) is 12.3. The molecule has 0 saturated heterocycles. The van der Waals surface area contributed by atoms with Crippen LogP contribution in [-0.2, 0) is 24.2 Å². The Hall–Kier alpha value is -1.53. The van der Waals surface area contributed by atoms with Crippen molar-refractivity contribution in [2.24, 2.45) is 0 Å². The quantitative estimate of drug-likeness (QED) is 0.124.